The number of pyridine rings is 1. The molecule has 1 fully saturated rings. The second-order valence-corrected chi connectivity index (χ2v) is 7.93. The van der Waals surface area contributed by atoms with E-state index in [1.807, 2.05) is 78.7 Å². The Morgan fingerprint density at radius 1 is 1.10 bits per heavy atom. The number of rotatable bonds is 5. The minimum atomic E-state index is 0.0421. The van der Waals surface area contributed by atoms with Crippen molar-refractivity contribution in [3.8, 4) is 5.75 Å². The fourth-order valence-corrected chi connectivity index (χ4v) is 3.61. The van der Waals surface area contributed by atoms with Gasteiger partial charge in [-0.15, -0.1) is 0 Å². The Bertz CT molecular complexity index is 998. The highest BCUT2D eigenvalue weighted by Gasteiger charge is 2.25. The number of hydrogen-bond donors (Lipinski definition) is 1. The van der Waals surface area contributed by atoms with E-state index in [9.17, 15) is 4.79 Å². The summed E-state index contributed by atoms with van der Waals surface area (Å²) >= 11 is 5.92. The minimum Gasteiger partial charge on any atom is -0.490 e. The van der Waals surface area contributed by atoms with Gasteiger partial charge in [-0.2, -0.15) is 0 Å². The van der Waals surface area contributed by atoms with Crippen LogP contribution in [0.4, 0.5) is 11.5 Å². The van der Waals surface area contributed by atoms with Gasteiger partial charge in [0.2, 0.25) is 0 Å². The van der Waals surface area contributed by atoms with Crippen molar-refractivity contribution in [2.24, 2.45) is 0 Å². The summed E-state index contributed by atoms with van der Waals surface area (Å²) < 4.78 is 6.02. The molecular weight excluding hydrogens is 398 g/mol. The topological polar surface area (TPSA) is 54.5 Å². The maximum atomic E-state index is 13.0. The highest BCUT2D eigenvalue weighted by atomic mass is 35.5. The second kappa shape index (κ2) is 9.18. The van der Waals surface area contributed by atoms with Crippen molar-refractivity contribution in [2.45, 2.75) is 25.9 Å². The van der Waals surface area contributed by atoms with E-state index in [-0.39, 0.29) is 12.0 Å². The molecule has 1 aromatic heterocycles. The summed E-state index contributed by atoms with van der Waals surface area (Å²) in [7, 11) is 0. The van der Waals surface area contributed by atoms with Gasteiger partial charge in [-0.05, 0) is 61.0 Å². The molecule has 154 valence electrons. The van der Waals surface area contributed by atoms with Gasteiger partial charge in [0.1, 0.15) is 17.7 Å². The van der Waals surface area contributed by atoms with Crippen LogP contribution < -0.4 is 10.1 Å². The predicted octanol–water partition coefficient (Wildman–Crippen LogP) is 5.47. The fourth-order valence-electron chi connectivity index (χ4n) is 3.48. The first-order valence-electron chi connectivity index (χ1n) is 10.1. The number of piperidine rings is 1. The number of benzene rings is 2. The number of nitrogens with zero attached hydrogens (tertiary/aromatic N) is 2. The van der Waals surface area contributed by atoms with E-state index in [0.29, 0.717) is 23.7 Å². The lowest BCUT2D eigenvalue weighted by atomic mass is 10.1. The zero-order valence-electron chi connectivity index (χ0n) is 16.8. The smallest absolute Gasteiger partial charge is 0.253 e. The van der Waals surface area contributed by atoms with Gasteiger partial charge in [0.15, 0.2) is 0 Å². The molecule has 0 aliphatic carbocycles. The van der Waals surface area contributed by atoms with Crippen LogP contribution in [0.5, 0.6) is 5.75 Å². The number of aromatic nitrogens is 1. The Balaban J connectivity index is 1.34. The first kappa shape index (κ1) is 20.2. The van der Waals surface area contributed by atoms with Crippen molar-refractivity contribution in [3.05, 3.63) is 83.0 Å². The monoisotopic (exact) mass is 421 g/mol. The molecule has 0 atom stereocenters. The number of ether oxygens (including phenoxy) is 1. The predicted molar refractivity (Wildman–Crippen MR) is 120 cm³/mol. The lowest BCUT2D eigenvalue weighted by Crippen LogP contribution is -2.41. The standard InChI is InChI=1S/C24H24ClN3O2/c1-17-5-10-23(26-16-17)27-20-4-2-3-18(15-20)24(29)28-13-11-22(12-14-28)30-21-8-6-19(25)7-9-21/h2-10,15-16,22H,11-14H2,1H3,(H,26,27). The average molecular weight is 422 g/mol. The number of hydrogen-bond acceptors (Lipinski definition) is 4. The van der Waals surface area contributed by atoms with E-state index in [1.165, 1.54) is 0 Å². The molecule has 1 N–H and O–H groups in total. The van der Waals surface area contributed by atoms with Gasteiger partial charge >= 0.3 is 0 Å². The lowest BCUT2D eigenvalue weighted by Gasteiger charge is -2.32. The molecule has 6 heteroatoms. The SMILES string of the molecule is Cc1ccc(Nc2cccc(C(=O)N3CCC(Oc4ccc(Cl)cc4)CC3)c2)nc1. The van der Waals surface area contributed by atoms with Crippen LogP contribution in [0.2, 0.25) is 5.02 Å². The molecule has 1 aliphatic rings. The number of anilines is 2. The molecule has 1 aliphatic heterocycles. The molecule has 5 nitrogen and oxygen atoms in total. The molecule has 3 aromatic rings. The molecule has 0 spiro atoms. The molecular formula is C24H24ClN3O2. The molecule has 1 amide bonds. The second-order valence-electron chi connectivity index (χ2n) is 7.49. The Morgan fingerprint density at radius 2 is 1.87 bits per heavy atom. The number of nitrogens with one attached hydrogen (secondary N) is 1. The Kier molecular flexibility index (Phi) is 6.19. The number of carbonyl (C=O) groups is 1. The molecule has 2 heterocycles. The van der Waals surface area contributed by atoms with Crippen LogP contribution >= 0.6 is 11.6 Å². The summed E-state index contributed by atoms with van der Waals surface area (Å²) in [6.45, 7) is 3.35. The number of carbonyl (C=O) groups excluding carboxylic acids is 1. The van der Waals surface area contributed by atoms with Crippen LogP contribution in [-0.2, 0) is 0 Å². The highest BCUT2D eigenvalue weighted by Crippen LogP contribution is 2.23. The van der Waals surface area contributed by atoms with E-state index >= 15 is 0 Å². The Hall–Kier alpha value is -3.05. The lowest BCUT2D eigenvalue weighted by molar-refractivity contribution is 0.0595. The van der Waals surface area contributed by atoms with Gasteiger partial charge in [0.25, 0.3) is 5.91 Å². The van der Waals surface area contributed by atoms with Crippen molar-refractivity contribution >= 4 is 29.0 Å². The average Bonchev–Trinajstić information content (AvgIpc) is 2.77. The van der Waals surface area contributed by atoms with Gasteiger partial charge in [-0.1, -0.05) is 23.7 Å². The van der Waals surface area contributed by atoms with E-state index in [0.717, 1.165) is 35.7 Å². The summed E-state index contributed by atoms with van der Waals surface area (Å²) in [6.07, 6.45) is 3.53. The van der Waals surface area contributed by atoms with E-state index in [4.69, 9.17) is 16.3 Å². The van der Waals surface area contributed by atoms with Gasteiger partial charge in [0.05, 0.1) is 0 Å². The Morgan fingerprint density at radius 3 is 2.57 bits per heavy atom. The van der Waals surface area contributed by atoms with E-state index in [1.54, 1.807) is 0 Å². The summed E-state index contributed by atoms with van der Waals surface area (Å²) in [5, 5.41) is 3.95. The van der Waals surface area contributed by atoms with Gasteiger partial charge in [-0.3, -0.25) is 4.79 Å². The molecule has 0 bridgehead atoms. The number of amides is 1. The van der Waals surface area contributed by atoms with Crippen molar-refractivity contribution in [1.29, 1.82) is 0 Å². The quantitative estimate of drug-likeness (QED) is 0.593. The van der Waals surface area contributed by atoms with Crippen LogP contribution in [0, 0.1) is 6.92 Å². The first-order valence-corrected chi connectivity index (χ1v) is 10.5. The normalized spacial score (nSPS) is 14.4. The van der Waals surface area contributed by atoms with Crippen molar-refractivity contribution in [3.63, 3.8) is 0 Å². The molecule has 0 saturated carbocycles. The van der Waals surface area contributed by atoms with Gasteiger partial charge < -0.3 is 15.0 Å². The largest absolute Gasteiger partial charge is 0.490 e. The minimum absolute atomic E-state index is 0.0421. The van der Waals surface area contributed by atoms with Crippen LogP contribution in [0.25, 0.3) is 0 Å². The third kappa shape index (κ3) is 5.10. The van der Waals surface area contributed by atoms with Crippen molar-refractivity contribution < 1.29 is 9.53 Å². The number of halogens is 1. The molecule has 0 unspecified atom stereocenters. The van der Waals surface area contributed by atoms with Crippen molar-refractivity contribution in [1.82, 2.24) is 9.88 Å². The molecule has 0 radical (unpaired) electrons. The molecule has 4 rings (SSSR count). The van der Waals surface area contributed by atoms with Crippen LogP contribution in [-0.4, -0.2) is 35.0 Å². The van der Waals surface area contributed by atoms with Crippen LogP contribution in [0.15, 0.2) is 66.9 Å². The summed E-state index contributed by atoms with van der Waals surface area (Å²) in [5.41, 5.74) is 2.62. The van der Waals surface area contributed by atoms with Crippen molar-refractivity contribution in [2.75, 3.05) is 18.4 Å². The number of aryl methyl sites for hydroxylation is 1. The van der Waals surface area contributed by atoms with Gasteiger partial charge in [0, 0.05) is 48.4 Å². The third-order valence-electron chi connectivity index (χ3n) is 5.14. The molecule has 30 heavy (non-hydrogen) atoms. The summed E-state index contributed by atoms with van der Waals surface area (Å²) in [4.78, 5) is 19.2. The summed E-state index contributed by atoms with van der Waals surface area (Å²) in [6, 6.07) is 18.9. The molecule has 2 aromatic carbocycles. The van der Waals surface area contributed by atoms with Crippen LogP contribution in [0.3, 0.4) is 0 Å². The van der Waals surface area contributed by atoms with E-state index in [2.05, 4.69) is 10.3 Å². The molecule has 1 saturated heterocycles. The maximum Gasteiger partial charge on any atom is 0.253 e. The zero-order chi connectivity index (χ0) is 20.9. The van der Waals surface area contributed by atoms with Crippen LogP contribution in [0.1, 0.15) is 28.8 Å². The number of likely N-dealkylation sites (tertiary alicyclic amines) is 1. The highest BCUT2D eigenvalue weighted by molar-refractivity contribution is 6.30. The first-order chi connectivity index (χ1) is 14.6. The van der Waals surface area contributed by atoms with Gasteiger partial charge in [-0.25, -0.2) is 4.98 Å². The maximum absolute atomic E-state index is 13.0. The Labute approximate surface area is 181 Å². The van der Waals surface area contributed by atoms with E-state index < -0.39 is 0 Å². The third-order valence-corrected chi connectivity index (χ3v) is 5.39. The zero-order valence-corrected chi connectivity index (χ0v) is 17.6. The fraction of sp³-hybridized carbons (Fsp3) is 0.250. The summed E-state index contributed by atoms with van der Waals surface area (Å²) in [5.74, 6) is 1.61.